The first kappa shape index (κ1) is 10.2. The van der Waals surface area contributed by atoms with Gasteiger partial charge in [-0.2, -0.15) is 0 Å². The number of rotatable bonds is 1. The van der Waals surface area contributed by atoms with Crippen LogP contribution in [0.2, 0.25) is 0 Å². The van der Waals surface area contributed by atoms with Gasteiger partial charge in [0.15, 0.2) is 0 Å². The lowest BCUT2D eigenvalue weighted by Gasteiger charge is -2.00. The number of ketones is 1. The summed E-state index contributed by atoms with van der Waals surface area (Å²) in [4.78, 5) is 11.9. The quantitative estimate of drug-likeness (QED) is 0.381. The molecule has 0 aliphatic heterocycles. The Morgan fingerprint density at radius 1 is 1.31 bits per heavy atom. The molecule has 5 nitrogen and oxygen atoms in total. The molecule has 0 bridgehead atoms. The summed E-state index contributed by atoms with van der Waals surface area (Å²) in [7, 11) is 0. The molecule has 0 spiro atoms. The number of benzene rings is 1. The molecule has 2 rings (SSSR count). The van der Waals surface area contributed by atoms with E-state index in [2.05, 4.69) is 5.16 Å². The van der Waals surface area contributed by atoms with Gasteiger partial charge in [0, 0.05) is 5.56 Å². The SMILES string of the molecule is C/C(=N\O)C1=C(O)c2cccc(O)c2C1=O. The molecule has 5 heteroatoms. The molecule has 0 heterocycles. The van der Waals surface area contributed by atoms with Gasteiger partial charge in [-0.1, -0.05) is 17.3 Å². The molecule has 0 aromatic heterocycles. The predicted molar refractivity (Wildman–Crippen MR) is 56.9 cm³/mol. The fraction of sp³-hybridized carbons (Fsp3) is 0.0909. The molecule has 3 N–H and O–H groups in total. The monoisotopic (exact) mass is 219 g/mol. The second-order valence-electron chi connectivity index (χ2n) is 3.44. The smallest absolute Gasteiger partial charge is 0.203 e. The fourth-order valence-corrected chi connectivity index (χ4v) is 1.73. The lowest BCUT2D eigenvalue weighted by atomic mass is 10.1. The Morgan fingerprint density at radius 2 is 2.00 bits per heavy atom. The van der Waals surface area contributed by atoms with E-state index in [9.17, 15) is 15.0 Å². The van der Waals surface area contributed by atoms with Gasteiger partial charge < -0.3 is 15.4 Å². The average Bonchev–Trinajstić information content (AvgIpc) is 2.52. The van der Waals surface area contributed by atoms with Crippen molar-refractivity contribution in [2.45, 2.75) is 6.92 Å². The second-order valence-corrected chi connectivity index (χ2v) is 3.44. The summed E-state index contributed by atoms with van der Waals surface area (Å²) in [6, 6.07) is 4.39. The number of Topliss-reactive ketones (excluding diaryl/α,β-unsaturated/α-hetero) is 1. The summed E-state index contributed by atoms with van der Waals surface area (Å²) in [6.07, 6.45) is 0. The van der Waals surface area contributed by atoms with E-state index in [0.717, 1.165) is 0 Å². The van der Waals surface area contributed by atoms with Gasteiger partial charge in [0.05, 0.1) is 16.8 Å². The van der Waals surface area contributed by atoms with Crippen molar-refractivity contribution in [3.63, 3.8) is 0 Å². The number of hydrogen-bond acceptors (Lipinski definition) is 5. The standard InChI is InChI=1S/C11H9NO4/c1-5(12-16)8-10(14)6-3-2-4-7(13)9(6)11(8)15/h2-4,13-14,16H,1H3/b12-5+. The van der Waals surface area contributed by atoms with Gasteiger partial charge in [-0.25, -0.2) is 0 Å². The first-order valence-corrected chi connectivity index (χ1v) is 4.57. The molecule has 16 heavy (non-hydrogen) atoms. The summed E-state index contributed by atoms with van der Waals surface area (Å²) >= 11 is 0. The van der Waals surface area contributed by atoms with E-state index in [1.807, 2.05) is 0 Å². The van der Waals surface area contributed by atoms with Gasteiger partial charge in [0.1, 0.15) is 11.5 Å². The molecular formula is C11H9NO4. The fourth-order valence-electron chi connectivity index (χ4n) is 1.73. The Kier molecular flexibility index (Phi) is 2.16. The van der Waals surface area contributed by atoms with E-state index in [1.54, 1.807) is 0 Å². The number of phenols is 1. The average molecular weight is 219 g/mol. The van der Waals surface area contributed by atoms with Gasteiger partial charge in [-0.3, -0.25) is 4.79 Å². The summed E-state index contributed by atoms with van der Waals surface area (Å²) < 4.78 is 0. The van der Waals surface area contributed by atoms with E-state index in [0.29, 0.717) is 0 Å². The summed E-state index contributed by atoms with van der Waals surface area (Å²) in [6.45, 7) is 1.40. The van der Waals surface area contributed by atoms with Crippen molar-refractivity contribution in [2.24, 2.45) is 5.16 Å². The van der Waals surface area contributed by atoms with Crippen molar-refractivity contribution in [2.75, 3.05) is 0 Å². The minimum Gasteiger partial charge on any atom is -0.507 e. The third kappa shape index (κ3) is 1.18. The van der Waals surface area contributed by atoms with Crippen molar-refractivity contribution >= 4 is 17.3 Å². The Hall–Kier alpha value is -2.30. The van der Waals surface area contributed by atoms with Crippen molar-refractivity contribution < 1.29 is 20.2 Å². The number of allylic oxidation sites excluding steroid dienone is 1. The van der Waals surface area contributed by atoms with Crippen molar-refractivity contribution in [3.05, 3.63) is 34.9 Å². The molecule has 1 aromatic rings. The molecule has 1 aromatic carbocycles. The van der Waals surface area contributed by atoms with Crippen LogP contribution in [-0.2, 0) is 0 Å². The molecule has 82 valence electrons. The van der Waals surface area contributed by atoms with Crippen LogP contribution in [-0.4, -0.2) is 26.9 Å². The molecule has 0 atom stereocenters. The number of aliphatic hydroxyl groups excluding tert-OH is 1. The molecule has 0 saturated heterocycles. The highest BCUT2D eigenvalue weighted by atomic mass is 16.4. The minimum atomic E-state index is -0.541. The van der Waals surface area contributed by atoms with Crippen LogP contribution >= 0.6 is 0 Å². The number of phenolic OH excluding ortho intramolecular Hbond substituents is 1. The van der Waals surface area contributed by atoms with Crippen LogP contribution in [0.25, 0.3) is 5.76 Å². The molecule has 1 aliphatic carbocycles. The minimum absolute atomic E-state index is 0.0121. The number of aromatic hydroxyl groups is 1. The molecule has 0 fully saturated rings. The van der Waals surface area contributed by atoms with Gasteiger partial charge >= 0.3 is 0 Å². The van der Waals surface area contributed by atoms with E-state index < -0.39 is 5.78 Å². The van der Waals surface area contributed by atoms with Crippen molar-refractivity contribution in [1.29, 1.82) is 0 Å². The first-order valence-electron chi connectivity index (χ1n) is 4.57. The normalized spacial score (nSPS) is 15.6. The predicted octanol–water partition coefficient (Wildman–Crippen LogP) is 1.71. The summed E-state index contributed by atoms with van der Waals surface area (Å²) in [5.41, 5.74) is 0.220. The highest BCUT2D eigenvalue weighted by Gasteiger charge is 2.33. The third-order valence-electron chi connectivity index (χ3n) is 2.50. The lowest BCUT2D eigenvalue weighted by molar-refractivity contribution is 0.104. The Bertz CT molecular complexity index is 543. The van der Waals surface area contributed by atoms with Crippen molar-refractivity contribution in [3.8, 4) is 5.75 Å². The maximum Gasteiger partial charge on any atom is 0.203 e. The van der Waals surface area contributed by atoms with Crippen LogP contribution in [0.15, 0.2) is 28.9 Å². The molecule has 0 saturated carbocycles. The number of hydrogen-bond donors (Lipinski definition) is 3. The van der Waals surface area contributed by atoms with Gasteiger partial charge in [0.25, 0.3) is 0 Å². The van der Waals surface area contributed by atoms with Gasteiger partial charge in [-0.05, 0) is 13.0 Å². The first-order chi connectivity index (χ1) is 7.57. The van der Waals surface area contributed by atoms with Crippen LogP contribution in [0.4, 0.5) is 0 Å². The highest BCUT2D eigenvalue weighted by molar-refractivity contribution is 6.35. The Morgan fingerprint density at radius 3 is 2.56 bits per heavy atom. The van der Waals surface area contributed by atoms with Crippen LogP contribution in [0.5, 0.6) is 5.75 Å². The number of oxime groups is 1. The van der Waals surface area contributed by atoms with Crippen molar-refractivity contribution in [1.82, 2.24) is 0 Å². The number of fused-ring (bicyclic) bond motifs is 1. The van der Waals surface area contributed by atoms with Gasteiger partial charge in [0.2, 0.25) is 5.78 Å². The number of nitrogens with zero attached hydrogens (tertiary/aromatic N) is 1. The van der Waals surface area contributed by atoms with Crippen LogP contribution in [0, 0.1) is 0 Å². The number of aliphatic hydroxyl groups is 1. The molecule has 0 radical (unpaired) electrons. The summed E-state index contributed by atoms with van der Waals surface area (Å²) in [5.74, 6) is -1.01. The maximum atomic E-state index is 11.9. The molecule has 0 unspecified atom stereocenters. The second kappa shape index (κ2) is 3.37. The van der Waals surface area contributed by atoms with E-state index in [4.69, 9.17) is 5.21 Å². The maximum absolute atomic E-state index is 11.9. The van der Waals surface area contributed by atoms with E-state index >= 15 is 0 Å². The molecular weight excluding hydrogens is 210 g/mol. The largest absolute Gasteiger partial charge is 0.507 e. The third-order valence-corrected chi connectivity index (χ3v) is 2.50. The van der Waals surface area contributed by atoms with Crippen LogP contribution in [0.3, 0.4) is 0 Å². The zero-order chi connectivity index (χ0) is 11.9. The Balaban J connectivity index is 2.70. The topological polar surface area (TPSA) is 90.1 Å². The molecule has 1 aliphatic rings. The van der Waals surface area contributed by atoms with E-state index in [1.165, 1.54) is 25.1 Å². The lowest BCUT2D eigenvalue weighted by Crippen LogP contribution is -2.07. The summed E-state index contributed by atoms with van der Waals surface area (Å²) in [5, 5.41) is 30.8. The number of carbonyl (C=O) groups excluding carboxylic acids is 1. The van der Waals surface area contributed by atoms with Crippen LogP contribution < -0.4 is 0 Å². The Labute approximate surface area is 91.0 Å². The zero-order valence-corrected chi connectivity index (χ0v) is 8.43. The van der Waals surface area contributed by atoms with E-state index in [-0.39, 0.29) is 33.9 Å². The highest BCUT2D eigenvalue weighted by Crippen LogP contribution is 2.36. The van der Waals surface area contributed by atoms with Gasteiger partial charge in [-0.15, -0.1) is 0 Å². The zero-order valence-electron chi connectivity index (χ0n) is 8.43. The van der Waals surface area contributed by atoms with Crippen LogP contribution in [0.1, 0.15) is 22.8 Å². The number of carbonyl (C=O) groups is 1. The molecule has 0 amide bonds.